The van der Waals surface area contributed by atoms with Crippen molar-refractivity contribution in [3.05, 3.63) is 59.3 Å². The van der Waals surface area contributed by atoms with Crippen molar-refractivity contribution < 1.29 is 18.7 Å². The molecule has 3 atom stereocenters. The number of hydrogen-bond donors (Lipinski definition) is 0. The normalized spacial score (nSPS) is 23.7. The van der Waals surface area contributed by atoms with Crippen LogP contribution in [-0.4, -0.2) is 87.2 Å². The SMILES string of the molecule is Cc1cncc2c1c(C[C@@H]1CCN(C3C4CC3CN(C(=O)OC(C)(C)C)C4)C1)cn2-c1ccc(F)cc1C(=O)N(C)C(C)C. The number of carbonyl (C=O) groups is 2. The maximum atomic E-state index is 14.5. The van der Waals surface area contributed by atoms with Crippen LogP contribution < -0.4 is 0 Å². The number of likely N-dealkylation sites (tertiary alicyclic amines) is 2. The second-order valence-corrected chi connectivity index (χ2v) is 14.5. The van der Waals surface area contributed by atoms with Crippen molar-refractivity contribution in [1.82, 2.24) is 24.3 Å². The van der Waals surface area contributed by atoms with Gasteiger partial charge in [0.1, 0.15) is 11.4 Å². The lowest BCUT2D eigenvalue weighted by atomic mass is 9.65. The molecule has 4 heterocycles. The average Bonchev–Trinajstić information content (AvgIpc) is 3.56. The predicted octanol–water partition coefficient (Wildman–Crippen LogP) is 6.07. The van der Waals surface area contributed by atoms with E-state index in [0.717, 1.165) is 55.5 Å². The standard InChI is InChI=1S/C35H46FN5O3/c1-21(2)38(7)33(42)28-14-27(36)8-9-29(28)41-20-24(31-22(3)15-37-16-30(31)41)12-23-10-11-39(17-23)32-25-13-26(32)19-40(18-25)34(43)44-35(4,5)6/h8-9,14-16,20-21,23,25-26,32H,10-13,17-19H2,1-7H3/t23-,25?,26?,32?/m0/s1. The zero-order chi connectivity index (χ0) is 31.5. The minimum Gasteiger partial charge on any atom is -0.444 e. The first-order chi connectivity index (χ1) is 20.8. The van der Waals surface area contributed by atoms with Gasteiger partial charge in [0.2, 0.25) is 0 Å². The molecule has 2 saturated heterocycles. The Hall–Kier alpha value is -3.46. The molecule has 1 aromatic carbocycles. The molecular formula is C35H46FN5O3. The van der Waals surface area contributed by atoms with Gasteiger partial charge in [-0.05, 0) is 114 Å². The van der Waals surface area contributed by atoms with Crippen LogP contribution >= 0.6 is 0 Å². The number of carbonyl (C=O) groups excluding carboxylic acids is 2. The Morgan fingerprint density at radius 2 is 1.86 bits per heavy atom. The summed E-state index contributed by atoms with van der Waals surface area (Å²) in [5, 5.41) is 1.16. The Bertz CT molecular complexity index is 1560. The van der Waals surface area contributed by atoms with E-state index in [1.165, 1.54) is 24.1 Å². The van der Waals surface area contributed by atoms with Crippen molar-refractivity contribution in [1.29, 1.82) is 0 Å². The van der Waals surface area contributed by atoms with Gasteiger partial charge >= 0.3 is 6.09 Å². The highest BCUT2D eigenvalue weighted by Gasteiger charge is 2.51. The molecule has 2 aromatic heterocycles. The fraction of sp³-hybridized carbons (Fsp3) is 0.571. The number of aryl methyl sites for hydroxylation is 1. The third kappa shape index (κ3) is 5.71. The number of rotatable bonds is 6. The van der Waals surface area contributed by atoms with Crippen LogP contribution in [0.1, 0.15) is 68.9 Å². The number of hydrogen-bond acceptors (Lipinski definition) is 5. The molecule has 1 saturated carbocycles. The van der Waals surface area contributed by atoms with Gasteiger partial charge in [-0.2, -0.15) is 0 Å². The molecule has 2 amide bonds. The van der Waals surface area contributed by atoms with Crippen LogP contribution in [0.25, 0.3) is 16.6 Å². The highest BCUT2D eigenvalue weighted by Crippen LogP contribution is 2.45. The third-order valence-corrected chi connectivity index (χ3v) is 9.91. The summed E-state index contributed by atoms with van der Waals surface area (Å²) in [5.41, 5.74) is 3.79. The minimum absolute atomic E-state index is 0.0135. The number of pyridine rings is 1. The molecule has 3 aromatic rings. The van der Waals surface area contributed by atoms with Crippen molar-refractivity contribution in [2.45, 2.75) is 78.5 Å². The van der Waals surface area contributed by atoms with Crippen LogP contribution in [-0.2, 0) is 11.2 Å². The lowest BCUT2D eigenvalue weighted by molar-refractivity contribution is -0.0735. The summed E-state index contributed by atoms with van der Waals surface area (Å²) in [4.78, 5) is 36.8. The largest absolute Gasteiger partial charge is 0.444 e. The molecule has 8 nitrogen and oxygen atoms in total. The van der Waals surface area contributed by atoms with Crippen LogP contribution in [0.4, 0.5) is 9.18 Å². The Kier molecular flexibility index (Phi) is 7.97. The Morgan fingerprint density at radius 3 is 2.55 bits per heavy atom. The first-order valence-corrected chi connectivity index (χ1v) is 16.0. The second-order valence-electron chi connectivity index (χ2n) is 14.5. The fourth-order valence-corrected chi connectivity index (χ4v) is 7.65. The van der Waals surface area contributed by atoms with Crippen LogP contribution in [0.5, 0.6) is 0 Å². The molecule has 44 heavy (non-hydrogen) atoms. The van der Waals surface area contributed by atoms with Crippen LogP contribution in [0.15, 0.2) is 36.8 Å². The minimum atomic E-state index is -0.476. The number of ether oxygens (including phenoxy) is 1. The summed E-state index contributed by atoms with van der Waals surface area (Å²) in [6.07, 6.45) is 8.94. The molecule has 6 rings (SSSR count). The molecule has 0 N–H and O–H groups in total. The van der Waals surface area contributed by atoms with Gasteiger partial charge in [-0.1, -0.05) is 0 Å². The Balaban J connectivity index is 1.21. The quantitative estimate of drug-likeness (QED) is 0.342. The summed E-state index contributed by atoms with van der Waals surface area (Å²) in [7, 11) is 1.75. The van der Waals surface area contributed by atoms with Gasteiger partial charge in [0.05, 0.1) is 23.0 Å². The Labute approximate surface area is 260 Å². The van der Waals surface area contributed by atoms with E-state index in [2.05, 4.69) is 23.0 Å². The average molecular weight is 604 g/mol. The van der Waals surface area contributed by atoms with Crippen molar-refractivity contribution in [3.63, 3.8) is 0 Å². The summed E-state index contributed by atoms with van der Waals surface area (Å²) < 4.78 is 22.1. The molecule has 2 unspecified atom stereocenters. The van der Waals surface area contributed by atoms with Crippen LogP contribution in [0.2, 0.25) is 0 Å². The monoisotopic (exact) mass is 603 g/mol. The van der Waals surface area contributed by atoms with Crippen molar-refractivity contribution in [2.75, 3.05) is 33.2 Å². The maximum absolute atomic E-state index is 14.5. The molecule has 2 aliphatic heterocycles. The maximum Gasteiger partial charge on any atom is 0.410 e. The number of fused-ring (bicyclic) bond motifs is 3. The zero-order valence-corrected chi connectivity index (χ0v) is 27.1. The van der Waals surface area contributed by atoms with E-state index >= 15 is 0 Å². The lowest BCUT2D eigenvalue weighted by Gasteiger charge is -2.56. The van der Waals surface area contributed by atoms with Crippen molar-refractivity contribution in [3.8, 4) is 5.69 Å². The number of halogens is 1. The third-order valence-electron chi connectivity index (χ3n) is 9.91. The molecule has 9 heteroatoms. The smallest absolute Gasteiger partial charge is 0.410 e. The fourth-order valence-electron chi connectivity index (χ4n) is 7.65. The van der Waals surface area contributed by atoms with Gasteiger partial charge in [-0.3, -0.25) is 14.7 Å². The predicted molar refractivity (Wildman–Crippen MR) is 170 cm³/mol. The van der Waals surface area contributed by atoms with E-state index in [-0.39, 0.29) is 18.0 Å². The lowest BCUT2D eigenvalue weighted by Crippen LogP contribution is -2.65. The summed E-state index contributed by atoms with van der Waals surface area (Å²) >= 11 is 0. The molecule has 3 aliphatic rings. The zero-order valence-electron chi connectivity index (χ0n) is 27.1. The number of piperidine rings is 2. The number of nitrogens with zero attached hydrogens (tertiary/aromatic N) is 5. The van der Waals surface area contributed by atoms with Gasteiger partial charge in [0, 0.05) is 56.5 Å². The molecule has 1 aliphatic carbocycles. The van der Waals surface area contributed by atoms with E-state index in [1.54, 1.807) is 18.0 Å². The van der Waals surface area contributed by atoms with Gasteiger partial charge in [0.25, 0.3) is 5.91 Å². The van der Waals surface area contributed by atoms with E-state index in [1.807, 2.05) is 56.5 Å². The summed E-state index contributed by atoms with van der Waals surface area (Å²) in [5.74, 6) is 0.885. The highest BCUT2D eigenvalue weighted by atomic mass is 19.1. The summed E-state index contributed by atoms with van der Waals surface area (Å²) in [6, 6.07) is 5.00. The van der Waals surface area contributed by atoms with E-state index in [4.69, 9.17) is 4.74 Å². The number of aromatic nitrogens is 2. The van der Waals surface area contributed by atoms with Crippen molar-refractivity contribution in [2.24, 2.45) is 17.8 Å². The number of amides is 2. The first-order valence-electron chi connectivity index (χ1n) is 16.0. The van der Waals surface area contributed by atoms with E-state index in [0.29, 0.717) is 35.0 Å². The second kappa shape index (κ2) is 11.5. The molecular weight excluding hydrogens is 557 g/mol. The first kappa shape index (κ1) is 30.6. The van der Waals surface area contributed by atoms with E-state index < -0.39 is 11.4 Å². The molecule has 0 spiro atoms. The summed E-state index contributed by atoms with van der Waals surface area (Å²) in [6.45, 7) is 15.4. The highest BCUT2D eigenvalue weighted by molar-refractivity contribution is 5.99. The van der Waals surface area contributed by atoms with Crippen molar-refractivity contribution >= 4 is 22.9 Å². The van der Waals surface area contributed by atoms with Gasteiger partial charge in [-0.15, -0.1) is 0 Å². The number of benzene rings is 1. The van der Waals surface area contributed by atoms with Gasteiger partial charge in [-0.25, -0.2) is 9.18 Å². The van der Waals surface area contributed by atoms with Gasteiger partial charge < -0.3 is 19.1 Å². The molecule has 3 fully saturated rings. The molecule has 236 valence electrons. The van der Waals surface area contributed by atoms with E-state index in [9.17, 15) is 14.0 Å². The topological polar surface area (TPSA) is 70.9 Å². The van der Waals surface area contributed by atoms with Crippen LogP contribution in [0.3, 0.4) is 0 Å². The molecule has 2 bridgehead atoms. The van der Waals surface area contributed by atoms with Crippen LogP contribution in [0, 0.1) is 30.5 Å². The van der Waals surface area contributed by atoms with Gasteiger partial charge in [0.15, 0.2) is 0 Å². The molecule has 0 radical (unpaired) electrons. The Morgan fingerprint density at radius 1 is 1.14 bits per heavy atom.